The molecule has 0 saturated carbocycles. The van der Waals surface area contributed by atoms with Crippen LogP contribution in [-0.2, 0) is 12.8 Å². The number of fused-ring (bicyclic) bond motifs is 1. The maximum absolute atomic E-state index is 10.3. The van der Waals surface area contributed by atoms with Gasteiger partial charge in [-0.1, -0.05) is 0 Å². The van der Waals surface area contributed by atoms with Gasteiger partial charge in [-0.25, -0.2) is 0 Å². The van der Waals surface area contributed by atoms with Crippen LogP contribution in [0.3, 0.4) is 0 Å². The highest BCUT2D eigenvalue weighted by molar-refractivity contribution is 5.51. The molecule has 2 rings (SSSR count). The molecule has 0 aliphatic heterocycles. The number of likely N-dealkylation sites (N-methyl/N-ethyl adjacent to an activating group) is 1. The van der Waals surface area contributed by atoms with Crippen LogP contribution in [0.15, 0.2) is 6.07 Å². The number of ether oxygens (including phenoxy) is 1. The van der Waals surface area contributed by atoms with Gasteiger partial charge in [0.05, 0.1) is 13.2 Å². The lowest BCUT2D eigenvalue weighted by atomic mass is 9.83. The third-order valence-electron chi connectivity index (χ3n) is 3.83. The summed E-state index contributed by atoms with van der Waals surface area (Å²) in [6, 6.07) is 2.07. The number of aryl methyl sites for hydroxylation is 1. The number of aliphatic hydroxyl groups is 1. The number of hydrogen-bond donors (Lipinski definition) is 2. The molecule has 1 aromatic rings. The van der Waals surface area contributed by atoms with E-state index in [4.69, 9.17) is 4.74 Å². The van der Waals surface area contributed by atoms with Gasteiger partial charge in [-0.3, -0.25) is 0 Å². The minimum Gasteiger partial charge on any atom is -0.496 e. The number of benzene rings is 1. The van der Waals surface area contributed by atoms with Crippen molar-refractivity contribution in [2.45, 2.75) is 38.7 Å². The first kappa shape index (κ1) is 13.4. The summed E-state index contributed by atoms with van der Waals surface area (Å²) in [6.07, 6.45) is 4.16. The van der Waals surface area contributed by atoms with E-state index in [0.29, 0.717) is 6.54 Å². The van der Waals surface area contributed by atoms with Gasteiger partial charge in [0.1, 0.15) is 5.75 Å². The van der Waals surface area contributed by atoms with E-state index in [9.17, 15) is 5.11 Å². The van der Waals surface area contributed by atoms with E-state index >= 15 is 0 Å². The second-order valence-electron chi connectivity index (χ2n) is 5.05. The molecule has 0 heterocycles. The molecule has 1 aliphatic carbocycles. The molecule has 3 heteroatoms. The zero-order valence-corrected chi connectivity index (χ0v) is 11.5. The van der Waals surface area contributed by atoms with Crippen LogP contribution in [0.5, 0.6) is 5.75 Å². The summed E-state index contributed by atoms with van der Waals surface area (Å²) in [5, 5.41) is 13.4. The molecule has 2 N–H and O–H groups in total. The number of nitrogens with one attached hydrogen (secondary N) is 1. The Morgan fingerprint density at radius 2 is 2.00 bits per heavy atom. The lowest BCUT2D eigenvalue weighted by molar-refractivity contribution is 0.172. The minimum atomic E-state index is -0.489. The summed E-state index contributed by atoms with van der Waals surface area (Å²) in [4.78, 5) is 0. The second kappa shape index (κ2) is 5.72. The monoisotopic (exact) mass is 249 g/mol. The molecule has 0 fully saturated rings. The molecule has 0 spiro atoms. The first-order chi connectivity index (χ1) is 8.69. The maximum Gasteiger partial charge on any atom is 0.125 e. The molecule has 100 valence electrons. The molecule has 0 aromatic heterocycles. The van der Waals surface area contributed by atoms with Gasteiger partial charge in [-0.15, -0.1) is 0 Å². The fourth-order valence-corrected chi connectivity index (χ4v) is 2.98. The molecule has 1 atom stereocenters. The standard InChI is InChI=1S/C15H23NO2/c1-10-8-14(18-3)15(13(17)9-16-2)12-7-5-4-6-11(10)12/h8,13,16-17H,4-7,9H2,1-3H3. The molecule has 3 nitrogen and oxygen atoms in total. The third kappa shape index (κ3) is 2.38. The van der Waals surface area contributed by atoms with Gasteiger partial charge < -0.3 is 15.2 Å². The van der Waals surface area contributed by atoms with Crippen LogP contribution in [0.2, 0.25) is 0 Å². The molecule has 1 aliphatic rings. The highest BCUT2D eigenvalue weighted by atomic mass is 16.5. The van der Waals surface area contributed by atoms with E-state index in [0.717, 1.165) is 24.2 Å². The Bertz CT molecular complexity index is 429. The zero-order valence-electron chi connectivity index (χ0n) is 11.5. The van der Waals surface area contributed by atoms with Crippen LogP contribution >= 0.6 is 0 Å². The predicted octanol–water partition coefficient (Wildman–Crippen LogP) is 2.14. The molecule has 0 amide bonds. The summed E-state index contributed by atoms with van der Waals surface area (Å²) in [5.41, 5.74) is 5.03. The topological polar surface area (TPSA) is 41.5 Å². The molecule has 1 aromatic carbocycles. The Kier molecular flexibility index (Phi) is 4.25. The quantitative estimate of drug-likeness (QED) is 0.859. The fourth-order valence-electron chi connectivity index (χ4n) is 2.98. The van der Waals surface area contributed by atoms with Gasteiger partial charge in [0.2, 0.25) is 0 Å². The van der Waals surface area contributed by atoms with Gasteiger partial charge in [0.25, 0.3) is 0 Å². The van der Waals surface area contributed by atoms with Gasteiger partial charge in [-0.05, 0) is 62.4 Å². The van der Waals surface area contributed by atoms with E-state index in [1.807, 2.05) is 7.05 Å². The summed E-state index contributed by atoms with van der Waals surface area (Å²) in [6.45, 7) is 2.70. The average Bonchev–Trinajstić information content (AvgIpc) is 2.38. The van der Waals surface area contributed by atoms with Crippen molar-refractivity contribution in [3.05, 3.63) is 28.3 Å². The van der Waals surface area contributed by atoms with Gasteiger partial charge in [0.15, 0.2) is 0 Å². The predicted molar refractivity (Wildman–Crippen MR) is 73.3 cm³/mol. The zero-order chi connectivity index (χ0) is 13.1. The Labute approximate surface area is 109 Å². The summed E-state index contributed by atoms with van der Waals surface area (Å²) < 4.78 is 5.47. The number of rotatable bonds is 4. The minimum absolute atomic E-state index is 0.489. The molecule has 0 saturated heterocycles. The molecule has 0 radical (unpaired) electrons. The Morgan fingerprint density at radius 3 is 2.61 bits per heavy atom. The lowest BCUT2D eigenvalue weighted by Gasteiger charge is -2.26. The Morgan fingerprint density at radius 1 is 1.33 bits per heavy atom. The highest BCUT2D eigenvalue weighted by Crippen LogP contribution is 2.37. The molecule has 1 unspecified atom stereocenters. The average molecular weight is 249 g/mol. The number of methoxy groups -OCH3 is 1. The van der Waals surface area contributed by atoms with E-state index in [1.165, 1.54) is 29.5 Å². The van der Waals surface area contributed by atoms with Crippen LogP contribution in [0.4, 0.5) is 0 Å². The van der Waals surface area contributed by atoms with Crippen molar-refractivity contribution in [3.8, 4) is 5.75 Å². The van der Waals surface area contributed by atoms with Crippen molar-refractivity contribution in [1.82, 2.24) is 5.32 Å². The van der Waals surface area contributed by atoms with Crippen LogP contribution in [-0.4, -0.2) is 25.8 Å². The number of hydrogen-bond acceptors (Lipinski definition) is 3. The van der Waals surface area contributed by atoms with Crippen molar-refractivity contribution in [2.24, 2.45) is 0 Å². The third-order valence-corrected chi connectivity index (χ3v) is 3.83. The summed E-state index contributed by atoms with van der Waals surface area (Å²) in [7, 11) is 3.54. The van der Waals surface area contributed by atoms with E-state index in [1.54, 1.807) is 7.11 Å². The second-order valence-corrected chi connectivity index (χ2v) is 5.05. The van der Waals surface area contributed by atoms with Crippen LogP contribution in [0.1, 0.15) is 41.2 Å². The Hall–Kier alpha value is -1.06. The van der Waals surface area contributed by atoms with Crippen molar-refractivity contribution >= 4 is 0 Å². The normalized spacial score (nSPS) is 16.2. The van der Waals surface area contributed by atoms with Crippen molar-refractivity contribution in [3.63, 3.8) is 0 Å². The van der Waals surface area contributed by atoms with Crippen molar-refractivity contribution in [1.29, 1.82) is 0 Å². The molecular weight excluding hydrogens is 226 g/mol. The molecule has 0 bridgehead atoms. The SMILES string of the molecule is CNCC(O)c1c(OC)cc(C)c2c1CCCC2. The van der Waals surface area contributed by atoms with Gasteiger partial charge in [0, 0.05) is 12.1 Å². The highest BCUT2D eigenvalue weighted by Gasteiger charge is 2.23. The molecule has 18 heavy (non-hydrogen) atoms. The van der Waals surface area contributed by atoms with E-state index in [2.05, 4.69) is 18.3 Å². The fraction of sp³-hybridized carbons (Fsp3) is 0.600. The molecular formula is C15H23NO2. The largest absolute Gasteiger partial charge is 0.496 e. The Balaban J connectivity index is 2.53. The lowest BCUT2D eigenvalue weighted by Crippen LogP contribution is -2.20. The van der Waals surface area contributed by atoms with Crippen molar-refractivity contribution < 1.29 is 9.84 Å². The van der Waals surface area contributed by atoms with E-state index in [-0.39, 0.29) is 0 Å². The first-order valence-electron chi connectivity index (χ1n) is 6.71. The summed E-state index contributed by atoms with van der Waals surface area (Å²) in [5.74, 6) is 0.830. The smallest absolute Gasteiger partial charge is 0.125 e. The summed E-state index contributed by atoms with van der Waals surface area (Å²) >= 11 is 0. The van der Waals surface area contributed by atoms with Crippen molar-refractivity contribution in [2.75, 3.05) is 20.7 Å². The van der Waals surface area contributed by atoms with Crippen LogP contribution < -0.4 is 10.1 Å². The van der Waals surface area contributed by atoms with Crippen LogP contribution in [0, 0.1) is 6.92 Å². The number of aliphatic hydroxyl groups excluding tert-OH is 1. The van der Waals surface area contributed by atoms with Crippen LogP contribution in [0.25, 0.3) is 0 Å². The first-order valence-corrected chi connectivity index (χ1v) is 6.71. The van der Waals surface area contributed by atoms with E-state index < -0.39 is 6.10 Å². The maximum atomic E-state index is 10.3. The van der Waals surface area contributed by atoms with Gasteiger partial charge >= 0.3 is 0 Å². The van der Waals surface area contributed by atoms with Gasteiger partial charge in [-0.2, -0.15) is 0 Å².